The van der Waals surface area contributed by atoms with Crippen molar-refractivity contribution in [3.8, 4) is 22.6 Å². The van der Waals surface area contributed by atoms with Crippen molar-refractivity contribution in [1.29, 1.82) is 0 Å². The summed E-state index contributed by atoms with van der Waals surface area (Å²) in [5.41, 5.74) is 3.29. The number of aryl methyl sites for hydroxylation is 1. The fourth-order valence-electron chi connectivity index (χ4n) is 2.94. The highest BCUT2D eigenvalue weighted by atomic mass is 35.5. The van der Waals surface area contributed by atoms with Crippen LogP contribution in [0.3, 0.4) is 0 Å². The van der Waals surface area contributed by atoms with Crippen LogP contribution in [0.2, 0.25) is 5.02 Å². The molecule has 4 nitrogen and oxygen atoms in total. The fourth-order valence-corrected chi connectivity index (χ4v) is 3.70. The van der Waals surface area contributed by atoms with Gasteiger partial charge in [0.15, 0.2) is 0 Å². The summed E-state index contributed by atoms with van der Waals surface area (Å²) in [6.07, 6.45) is 0.0525. The summed E-state index contributed by atoms with van der Waals surface area (Å²) in [4.78, 5) is 17.1. The van der Waals surface area contributed by atoms with E-state index in [0.717, 1.165) is 11.1 Å². The Labute approximate surface area is 176 Å². The van der Waals surface area contributed by atoms with Gasteiger partial charge in [0, 0.05) is 27.2 Å². The molecular formula is C22H16ClFN2O2S. The van der Waals surface area contributed by atoms with Gasteiger partial charge in [0.2, 0.25) is 11.8 Å². The molecule has 0 bridgehead atoms. The number of nitrogens with one attached hydrogen (secondary N) is 1. The van der Waals surface area contributed by atoms with Crippen molar-refractivity contribution in [3.05, 3.63) is 81.6 Å². The molecule has 0 fully saturated rings. The standard InChI is InChI=1S/C22H16ClFN2O2S/c1-13-20(26-22(28-13)15-8-9-29-12-15)11-21(27)25-19-7-6-17(24)10-18(19)14-2-4-16(23)5-3-14/h2-10,12H,11H2,1H3,(H,25,27). The number of rotatable bonds is 5. The normalized spacial score (nSPS) is 10.9. The molecule has 0 radical (unpaired) electrons. The third-order valence-corrected chi connectivity index (χ3v) is 5.33. The second-order valence-electron chi connectivity index (χ2n) is 6.46. The van der Waals surface area contributed by atoms with Crippen molar-refractivity contribution in [3.63, 3.8) is 0 Å². The lowest BCUT2D eigenvalue weighted by atomic mass is 10.0. The van der Waals surface area contributed by atoms with E-state index in [-0.39, 0.29) is 18.1 Å². The monoisotopic (exact) mass is 426 g/mol. The van der Waals surface area contributed by atoms with E-state index in [9.17, 15) is 9.18 Å². The minimum atomic E-state index is -0.388. The topological polar surface area (TPSA) is 55.1 Å². The highest BCUT2D eigenvalue weighted by Gasteiger charge is 2.16. The average molecular weight is 427 g/mol. The molecule has 7 heteroatoms. The first-order chi connectivity index (χ1) is 14.0. The largest absolute Gasteiger partial charge is 0.441 e. The van der Waals surface area contributed by atoms with Crippen LogP contribution < -0.4 is 5.32 Å². The van der Waals surface area contributed by atoms with E-state index in [2.05, 4.69) is 10.3 Å². The van der Waals surface area contributed by atoms with Crippen molar-refractivity contribution < 1.29 is 13.6 Å². The SMILES string of the molecule is Cc1oc(-c2ccsc2)nc1CC(=O)Nc1ccc(F)cc1-c1ccc(Cl)cc1. The molecule has 0 aliphatic carbocycles. The molecule has 2 aromatic heterocycles. The summed E-state index contributed by atoms with van der Waals surface area (Å²) in [5.74, 6) is 0.439. The van der Waals surface area contributed by atoms with Gasteiger partial charge < -0.3 is 9.73 Å². The zero-order valence-corrected chi connectivity index (χ0v) is 17.0. The molecule has 0 aliphatic heterocycles. The number of carbonyl (C=O) groups is 1. The number of carbonyl (C=O) groups excluding carboxylic acids is 1. The number of nitrogens with zero attached hydrogens (tertiary/aromatic N) is 1. The molecule has 29 heavy (non-hydrogen) atoms. The van der Waals surface area contributed by atoms with Gasteiger partial charge in [-0.25, -0.2) is 9.37 Å². The Balaban J connectivity index is 1.56. The molecule has 0 unspecified atom stereocenters. The average Bonchev–Trinajstić information content (AvgIpc) is 3.34. The third kappa shape index (κ3) is 4.39. The molecule has 4 aromatic rings. The molecule has 1 amide bonds. The smallest absolute Gasteiger partial charge is 0.230 e. The van der Waals surface area contributed by atoms with E-state index in [4.69, 9.17) is 16.0 Å². The van der Waals surface area contributed by atoms with Crippen LogP contribution in [0.5, 0.6) is 0 Å². The lowest BCUT2D eigenvalue weighted by Crippen LogP contribution is -2.16. The Morgan fingerprint density at radius 2 is 1.97 bits per heavy atom. The number of hydrogen-bond donors (Lipinski definition) is 1. The van der Waals surface area contributed by atoms with Gasteiger partial charge in [-0.3, -0.25) is 4.79 Å². The van der Waals surface area contributed by atoms with Crippen LogP contribution in [0.25, 0.3) is 22.6 Å². The Bertz CT molecular complexity index is 1150. The highest BCUT2D eigenvalue weighted by Crippen LogP contribution is 2.30. The predicted molar refractivity (Wildman–Crippen MR) is 114 cm³/mol. The zero-order chi connectivity index (χ0) is 20.4. The number of hydrogen-bond acceptors (Lipinski definition) is 4. The maximum absolute atomic E-state index is 13.8. The summed E-state index contributed by atoms with van der Waals surface area (Å²) >= 11 is 7.49. The van der Waals surface area contributed by atoms with E-state index < -0.39 is 0 Å². The van der Waals surface area contributed by atoms with Gasteiger partial charge in [0.05, 0.1) is 12.1 Å². The van der Waals surface area contributed by atoms with Crippen LogP contribution in [0, 0.1) is 12.7 Å². The van der Waals surface area contributed by atoms with Crippen LogP contribution in [0.4, 0.5) is 10.1 Å². The van der Waals surface area contributed by atoms with E-state index >= 15 is 0 Å². The molecule has 2 heterocycles. The lowest BCUT2D eigenvalue weighted by molar-refractivity contribution is -0.115. The van der Waals surface area contributed by atoms with Crippen LogP contribution in [-0.2, 0) is 11.2 Å². The van der Waals surface area contributed by atoms with E-state index in [1.54, 1.807) is 48.6 Å². The summed E-state index contributed by atoms with van der Waals surface area (Å²) < 4.78 is 19.5. The quantitative estimate of drug-likeness (QED) is 0.404. The zero-order valence-electron chi connectivity index (χ0n) is 15.4. The first-order valence-electron chi connectivity index (χ1n) is 8.84. The van der Waals surface area contributed by atoms with Crippen molar-refractivity contribution in [2.45, 2.75) is 13.3 Å². The molecule has 4 rings (SSSR count). The number of anilines is 1. The summed E-state index contributed by atoms with van der Waals surface area (Å²) in [6.45, 7) is 1.78. The van der Waals surface area contributed by atoms with E-state index in [1.165, 1.54) is 12.1 Å². The number of amides is 1. The fraction of sp³-hybridized carbons (Fsp3) is 0.0909. The first-order valence-corrected chi connectivity index (χ1v) is 10.2. The van der Waals surface area contributed by atoms with Crippen molar-refractivity contribution in [2.75, 3.05) is 5.32 Å². The highest BCUT2D eigenvalue weighted by molar-refractivity contribution is 7.08. The minimum Gasteiger partial charge on any atom is -0.441 e. The predicted octanol–water partition coefficient (Wildman–Crippen LogP) is 6.35. The lowest BCUT2D eigenvalue weighted by Gasteiger charge is -2.11. The van der Waals surface area contributed by atoms with Gasteiger partial charge in [-0.1, -0.05) is 23.7 Å². The number of halogens is 2. The van der Waals surface area contributed by atoms with Gasteiger partial charge in [0.25, 0.3) is 0 Å². The summed E-state index contributed by atoms with van der Waals surface area (Å²) in [7, 11) is 0. The first kappa shape index (κ1) is 19.4. The van der Waals surface area contributed by atoms with Crippen LogP contribution >= 0.6 is 22.9 Å². The molecule has 146 valence electrons. The number of oxazole rings is 1. The van der Waals surface area contributed by atoms with Gasteiger partial charge >= 0.3 is 0 Å². The molecule has 0 atom stereocenters. The number of benzene rings is 2. The molecule has 0 spiro atoms. The van der Waals surface area contributed by atoms with Crippen molar-refractivity contribution in [2.24, 2.45) is 0 Å². The Morgan fingerprint density at radius 3 is 2.69 bits per heavy atom. The third-order valence-electron chi connectivity index (χ3n) is 4.40. The van der Waals surface area contributed by atoms with E-state index in [0.29, 0.717) is 33.6 Å². The Kier molecular flexibility index (Phi) is 5.47. The molecule has 1 N–H and O–H groups in total. The van der Waals surface area contributed by atoms with Crippen molar-refractivity contribution >= 4 is 34.5 Å². The number of aromatic nitrogens is 1. The molecule has 0 saturated heterocycles. The maximum atomic E-state index is 13.8. The summed E-state index contributed by atoms with van der Waals surface area (Å²) in [6, 6.07) is 13.2. The summed E-state index contributed by atoms with van der Waals surface area (Å²) in [5, 5.41) is 7.31. The molecule has 2 aromatic carbocycles. The Hall–Kier alpha value is -2.96. The van der Waals surface area contributed by atoms with Crippen molar-refractivity contribution in [1.82, 2.24) is 4.98 Å². The van der Waals surface area contributed by atoms with Gasteiger partial charge in [-0.15, -0.1) is 0 Å². The van der Waals surface area contributed by atoms with Crippen LogP contribution in [0.15, 0.2) is 63.7 Å². The van der Waals surface area contributed by atoms with E-state index in [1.807, 2.05) is 16.8 Å². The Morgan fingerprint density at radius 1 is 1.17 bits per heavy atom. The van der Waals surface area contributed by atoms with Gasteiger partial charge in [0.1, 0.15) is 11.6 Å². The minimum absolute atomic E-state index is 0.0525. The second-order valence-corrected chi connectivity index (χ2v) is 7.67. The van der Waals surface area contributed by atoms with Gasteiger partial charge in [-0.05, 0) is 54.3 Å². The molecular weight excluding hydrogens is 411 g/mol. The second kappa shape index (κ2) is 8.19. The number of thiophene rings is 1. The molecule has 0 aliphatic rings. The molecule has 0 saturated carbocycles. The van der Waals surface area contributed by atoms with Crippen LogP contribution in [-0.4, -0.2) is 10.9 Å². The van der Waals surface area contributed by atoms with Crippen LogP contribution in [0.1, 0.15) is 11.5 Å². The van der Waals surface area contributed by atoms with Gasteiger partial charge in [-0.2, -0.15) is 11.3 Å². The maximum Gasteiger partial charge on any atom is 0.230 e.